The lowest BCUT2D eigenvalue weighted by Crippen LogP contribution is -2.61. The molecule has 0 bridgehead atoms. The number of aliphatic hydroxyl groups excluding tert-OH is 1. The predicted octanol–water partition coefficient (Wildman–Crippen LogP) is 3.14. The largest absolute Gasteiger partial charge is 0.396 e. The predicted molar refractivity (Wildman–Crippen MR) is 89.4 cm³/mol. The van der Waals surface area contributed by atoms with Crippen molar-refractivity contribution in [3.8, 4) is 0 Å². The van der Waals surface area contributed by atoms with Crippen LogP contribution in [-0.4, -0.2) is 33.1 Å². The van der Waals surface area contributed by atoms with Crippen molar-refractivity contribution in [3.63, 3.8) is 0 Å². The van der Waals surface area contributed by atoms with Gasteiger partial charge in [0, 0.05) is 18.9 Å². The standard InChI is InChI=1S/C19H34O3/c1-6-19(22,11-12-20)16-15-13(2)7-9-17(3,4)14(15)8-10-18(16,5)21/h6,13-16,20-22H,1,7-12H2,2-5H3. The van der Waals surface area contributed by atoms with Crippen molar-refractivity contribution in [3.05, 3.63) is 12.7 Å². The minimum absolute atomic E-state index is 0.0930. The van der Waals surface area contributed by atoms with E-state index in [2.05, 4.69) is 27.4 Å². The average Bonchev–Trinajstić information content (AvgIpc) is 2.42. The molecule has 0 aromatic heterocycles. The summed E-state index contributed by atoms with van der Waals surface area (Å²) in [5.41, 5.74) is -1.88. The molecule has 6 atom stereocenters. The number of fused-ring (bicyclic) bond motifs is 1. The molecule has 0 aromatic rings. The number of aliphatic hydroxyl groups is 3. The van der Waals surface area contributed by atoms with E-state index in [4.69, 9.17) is 0 Å². The van der Waals surface area contributed by atoms with E-state index in [1.165, 1.54) is 6.42 Å². The molecule has 2 fully saturated rings. The average molecular weight is 310 g/mol. The number of hydrogen-bond acceptors (Lipinski definition) is 3. The van der Waals surface area contributed by atoms with Crippen LogP contribution < -0.4 is 0 Å². The fraction of sp³-hybridized carbons (Fsp3) is 0.895. The van der Waals surface area contributed by atoms with Crippen molar-refractivity contribution >= 4 is 0 Å². The van der Waals surface area contributed by atoms with Gasteiger partial charge in [-0.25, -0.2) is 0 Å². The van der Waals surface area contributed by atoms with Gasteiger partial charge in [0.15, 0.2) is 0 Å². The van der Waals surface area contributed by atoms with E-state index in [0.717, 1.165) is 12.8 Å². The Labute approximate surface area is 135 Å². The molecule has 3 heteroatoms. The Morgan fingerprint density at radius 2 is 1.86 bits per heavy atom. The second-order valence-electron chi connectivity index (χ2n) is 8.73. The SMILES string of the molecule is C=CC(O)(CCO)C1C2C(C)CCC(C)(C)C2CCC1(C)O. The van der Waals surface area contributed by atoms with E-state index in [0.29, 0.717) is 18.3 Å². The van der Waals surface area contributed by atoms with Crippen LogP contribution in [0.1, 0.15) is 59.8 Å². The molecule has 0 aromatic carbocycles. The Morgan fingerprint density at radius 3 is 2.41 bits per heavy atom. The van der Waals surface area contributed by atoms with Crippen LogP contribution in [0.4, 0.5) is 0 Å². The Hall–Kier alpha value is -0.380. The molecule has 6 unspecified atom stereocenters. The molecule has 0 saturated heterocycles. The first kappa shape index (κ1) is 18.0. The lowest BCUT2D eigenvalue weighted by Gasteiger charge is -2.60. The Balaban J connectivity index is 2.48. The van der Waals surface area contributed by atoms with Crippen LogP contribution in [0.25, 0.3) is 0 Å². The highest BCUT2D eigenvalue weighted by Gasteiger charge is 2.58. The lowest BCUT2D eigenvalue weighted by atomic mass is 9.47. The summed E-state index contributed by atoms with van der Waals surface area (Å²) in [6.45, 7) is 12.5. The lowest BCUT2D eigenvalue weighted by molar-refractivity contribution is -0.194. The van der Waals surface area contributed by atoms with Crippen LogP contribution in [0.5, 0.6) is 0 Å². The Bertz CT molecular complexity index is 415. The maximum atomic E-state index is 11.2. The highest BCUT2D eigenvalue weighted by atomic mass is 16.3. The van der Waals surface area contributed by atoms with E-state index >= 15 is 0 Å². The van der Waals surface area contributed by atoms with Gasteiger partial charge in [0.1, 0.15) is 0 Å². The van der Waals surface area contributed by atoms with E-state index in [1.54, 1.807) is 6.08 Å². The van der Waals surface area contributed by atoms with E-state index in [1.807, 2.05) is 6.92 Å². The summed E-state index contributed by atoms with van der Waals surface area (Å²) < 4.78 is 0. The van der Waals surface area contributed by atoms with Crippen molar-refractivity contribution in [1.82, 2.24) is 0 Å². The van der Waals surface area contributed by atoms with Gasteiger partial charge in [0.25, 0.3) is 0 Å². The summed E-state index contributed by atoms with van der Waals surface area (Å²) in [6, 6.07) is 0. The molecule has 0 aliphatic heterocycles. The quantitative estimate of drug-likeness (QED) is 0.699. The third-order valence-corrected chi connectivity index (χ3v) is 6.79. The fourth-order valence-corrected chi connectivity index (χ4v) is 5.49. The van der Waals surface area contributed by atoms with Gasteiger partial charge in [-0.05, 0) is 55.8 Å². The molecule has 0 amide bonds. The number of hydrogen-bond donors (Lipinski definition) is 3. The van der Waals surface area contributed by atoms with Crippen LogP contribution in [0.2, 0.25) is 0 Å². The maximum Gasteiger partial charge on any atom is 0.0905 e. The summed E-state index contributed by atoms with van der Waals surface area (Å²) in [6.07, 6.45) is 5.85. The second-order valence-corrected chi connectivity index (χ2v) is 8.73. The second kappa shape index (κ2) is 5.92. The fourth-order valence-electron chi connectivity index (χ4n) is 5.49. The summed E-state index contributed by atoms with van der Waals surface area (Å²) in [5.74, 6) is 0.978. The third-order valence-electron chi connectivity index (χ3n) is 6.79. The molecule has 0 radical (unpaired) electrons. The minimum Gasteiger partial charge on any atom is -0.396 e. The van der Waals surface area contributed by atoms with Crippen molar-refractivity contribution in [2.45, 2.75) is 71.0 Å². The monoisotopic (exact) mass is 310 g/mol. The van der Waals surface area contributed by atoms with E-state index in [-0.39, 0.29) is 30.3 Å². The zero-order valence-electron chi connectivity index (χ0n) is 14.7. The summed E-state index contributed by atoms with van der Waals surface area (Å²) in [4.78, 5) is 0. The normalized spacial score (nSPS) is 44.0. The molecule has 128 valence electrons. The third kappa shape index (κ3) is 2.88. The molecule has 3 nitrogen and oxygen atoms in total. The minimum atomic E-state index is -1.21. The molecule has 2 aliphatic rings. The van der Waals surface area contributed by atoms with Crippen LogP contribution in [0.3, 0.4) is 0 Å². The van der Waals surface area contributed by atoms with Gasteiger partial charge in [0.2, 0.25) is 0 Å². The first-order valence-electron chi connectivity index (χ1n) is 8.78. The molecule has 0 heterocycles. The van der Waals surface area contributed by atoms with Gasteiger partial charge in [0.05, 0.1) is 11.2 Å². The Kier molecular flexibility index (Phi) is 4.83. The van der Waals surface area contributed by atoms with Gasteiger partial charge < -0.3 is 15.3 Å². The zero-order valence-corrected chi connectivity index (χ0v) is 14.7. The van der Waals surface area contributed by atoms with Crippen LogP contribution in [0.15, 0.2) is 12.7 Å². The van der Waals surface area contributed by atoms with Crippen molar-refractivity contribution in [2.24, 2.45) is 29.1 Å². The first-order valence-corrected chi connectivity index (χ1v) is 8.78. The molecule has 0 spiro atoms. The molecule has 22 heavy (non-hydrogen) atoms. The Morgan fingerprint density at radius 1 is 1.23 bits per heavy atom. The highest BCUT2D eigenvalue weighted by molar-refractivity contribution is 5.13. The molecular formula is C19H34O3. The first-order chi connectivity index (χ1) is 10.1. The van der Waals surface area contributed by atoms with Gasteiger partial charge in [-0.2, -0.15) is 0 Å². The molecule has 2 saturated carbocycles. The van der Waals surface area contributed by atoms with E-state index in [9.17, 15) is 15.3 Å². The summed E-state index contributed by atoms with van der Waals surface area (Å²) in [5, 5.41) is 31.6. The molecule has 3 N–H and O–H groups in total. The summed E-state index contributed by atoms with van der Waals surface area (Å²) >= 11 is 0. The van der Waals surface area contributed by atoms with Crippen molar-refractivity contribution < 1.29 is 15.3 Å². The van der Waals surface area contributed by atoms with Crippen LogP contribution in [0, 0.1) is 29.1 Å². The zero-order chi connectivity index (χ0) is 16.8. The molecule has 2 rings (SSSR count). The smallest absolute Gasteiger partial charge is 0.0905 e. The van der Waals surface area contributed by atoms with Gasteiger partial charge in [-0.3, -0.25) is 0 Å². The van der Waals surface area contributed by atoms with Gasteiger partial charge in [-0.15, -0.1) is 6.58 Å². The van der Waals surface area contributed by atoms with Crippen LogP contribution in [-0.2, 0) is 0 Å². The van der Waals surface area contributed by atoms with Gasteiger partial charge in [-0.1, -0.05) is 26.8 Å². The number of rotatable bonds is 4. The maximum absolute atomic E-state index is 11.2. The van der Waals surface area contributed by atoms with Crippen molar-refractivity contribution in [1.29, 1.82) is 0 Å². The topological polar surface area (TPSA) is 60.7 Å². The highest BCUT2D eigenvalue weighted by Crippen LogP contribution is 2.59. The summed E-state index contributed by atoms with van der Waals surface area (Å²) in [7, 11) is 0. The van der Waals surface area contributed by atoms with Crippen LogP contribution >= 0.6 is 0 Å². The molecule has 2 aliphatic carbocycles. The van der Waals surface area contributed by atoms with E-state index < -0.39 is 11.2 Å². The molecular weight excluding hydrogens is 276 g/mol. The van der Waals surface area contributed by atoms with Gasteiger partial charge >= 0.3 is 0 Å². The van der Waals surface area contributed by atoms with Crippen molar-refractivity contribution in [2.75, 3.05) is 6.61 Å².